The van der Waals surface area contributed by atoms with Gasteiger partial charge in [-0.05, 0) is 44.0 Å². The van der Waals surface area contributed by atoms with Gasteiger partial charge in [-0.3, -0.25) is 4.79 Å². The van der Waals surface area contributed by atoms with E-state index in [4.69, 9.17) is 20.5 Å². The second kappa shape index (κ2) is 7.47. The van der Waals surface area contributed by atoms with Crippen LogP contribution in [0.25, 0.3) is 0 Å². The number of hydrogen-bond donors (Lipinski definition) is 2. The van der Waals surface area contributed by atoms with Crippen molar-refractivity contribution in [2.45, 2.75) is 45.3 Å². The van der Waals surface area contributed by atoms with Crippen LogP contribution in [0.3, 0.4) is 0 Å². The van der Waals surface area contributed by atoms with Crippen molar-refractivity contribution in [1.29, 1.82) is 0 Å². The number of hydrogen-bond acceptors (Lipinski definition) is 5. The molecule has 1 amide bonds. The van der Waals surface area contributed by atoms with Gasteiger partial charge in [0.1, 0.15) is 11.9 Å². The number of halogens is 1. The number of carbonyl (C=O) groups is 1. The lowest BCUT2D eigenvalue weighted by Crippen LogP contribution is -2.33. The molecule has 6 nitrogen and oxygen atoms in total. The smallest absolute Gasteiger partial charge is 0.229 e. The highest BCUT2D eigenvalue weighted by atomic mass is 35.5. The number of aliphatic hydroxyl groups is 1. The van der Waals surface area contributed by atoms with Crippen molar-refractivity contribution in [3.63, 3.8) is 0 Å². The molecular weight excluding hydrogens is 308 g/mol. The molecular formula is C15H19ClN2O4. The SMILES string of the molecule is Cc1noc(Cl)c1CCC(=O)NC(C)CC(O)c1ccco1. The molecule has 0 saturated carbocycles. The minimum Gasteiger partial charge on any atom is -0.467 e. The lowest BCUT2D eigenvalue weighted by Gasteiger charge is -2.16. The third-order valence-corrected chi connectivity index (χ3v) is 3.69. The quantitative estimate of drug-likeness (QED) is 0.816. The van der Waals surface area contributed by atoms with Gasteiger partial charge in [0.25, 0.3) is 0 Å². The van der Waals surface area contributed by atoms with E-state index in [-0.39, 0.29) is 23.6 Å². The zero-order valence-corrected chi connectivity index (χ0v) is 13.3. The minimum absolute atomic E-state index is 0.115. The van der Waals surface area contributed by atoms with E-state index in [1.165, 1.54) is 6.26 Å². The predicted octanol–water partition coefficient (Wildman–Crippen LogP) is 2.79. The average Bonchev–Trinajstić information content (AvgIpc) is 3.08. The first-order chi connectivity index (χ1) is 10.5. The van der Waals surface area contributed by atoms with Gasteiger partial charge >= 0.3 is 0 Å². The van der Waals surface area contributed by atoms with E-state index >= 15 is 0 Å². The lowest BCUT2D eigenvalue weighted by molar-refractivity contribution is -0.121. The maximum Gasteiger partial charge on any atom is 0.229 e. The summed E-state index contributed by atoms with van der Waals surface area (Å²) in [4.78, 5) is 11.9. The maximum absolute atomic E-state index is 11.9. The summed E-state index contributed by atoms with van der Waals surface area (Å²) in [7, 11) is 0. The first-order valence-electron chi connectivity index (χ1n) is 7.09. The van der Waals surface area contributed by atoms with Crippen molar-refractivity contribution in [3.05, 3.63) is 40.6 Å². The van der Waals surface area contributed by atoms with E-state index in [9.17, 15) is 9.90 Å². The largest absolute Gasteiger partial charge is 0.467 e. The summed E-state index contributed by atoms with van der Waals surface area (Å²) < 4.78 is 9.97. The van der Waals surface area contributed by atoms with E-state index in [1.54, 1.807) is 19.1 Å². The molecule has 0 spiro atoms. The summed E-state index contributed by atoms with van der Waals surface area (Å²) in [6.07, 6.45) is 1.90. The summed E-state index contributed by atoms with van der Waals surface area (Å²) in [6.45, 7) is 3.62. The van der Waals surface area contributed by atoms with Crippen LogP contribution in [0.2, 0.25) is 5.22 Å². The van der Waals surface area contributed by atoms with Crippen LogP contribution >= 0.6 is 11.6 Å². The molecule has 2 aromatic rings. The molecule has 2 heterocycles. The Hall–Kier alpha value is -1.79. The first kappa shape index (κ1) is 16.6. The Bertz CT molecular complexity index is 590. The van der Waals surface area contributed by atoms with E-state index in [0.717, 1.165) is 5.56 Å². The summed E-state index contributed by atoms with van der Waals surface area (Å²) in [6, 6.07) is 3.24. The second-order valence-electron chi connectivity index (χ2n) is 5.26. The van der Waals surface area contributed by atoms with Crippen molar-refractivity contribution in [2.75, 3.05) is 0 Å². The average molecular weight is 327 g/mol. The van der Waals surface area contributed by atoms with Gasteiger partial charge in [0.05, 0.1) is 12.0 Å². The minimum atomic E-state index is -0.736. The Kier molecular flexibility index (Phi) is 5.63. The standard InChI is InChI=1S/C15H19ClN2O4/c1-9(8-12(19)13-4-3-7-21-13)17-14(20)6-5-11-10(2)18-22-15(11)16/h3-4,7,9,12,19H,5-6,8H2,1-2H3,(H,17,20). The molecule has 0 aromatic carbocycles. The fraction of sp³-hybridized carbons (Fsp3) is 0.467. The lowest BCUT2D eigenvalue weighted by atomic mass is 10.1. The number of aromatic nitrogens is 1. The van der Waals surface area contributed by atoms with Crippen LogP contribution in [0.4, 0.5) is 0 Å². The van der Waals surface area contributed by atoms with Crippen LogP contribution in [0.1, 0.15) is 42.9 Å². The van der Waals surface area contributed by atoms with Gasteiger partial charge in [-0.15, -0.1) is 0 Å². The number of aryl methyl sites for hydroxylation is 1. The predicted molar refractivity (Wildman–Crippen MR) is 80.5 cm³/mol. The maximum atomic E-state index is 11.9. The summed E-state index contributed by atoms with van der Waals surface area (Å²) >= 11 is 5.86. The molecule has 0 bridgehead atoms. The van der Waals surface area contributed by atoms with Crippen LogP contribution in [0.5, 0.6) is 0 Å². The van der Waals surface area contributed by atoms with E-state index in [0.29, 0.717) is 24.3 Å². The zero-order valence-electron chi connectivity index (χ0n) is 12.5. The highest BCUT2D eigenvalue weighted by molar-refractivity contribution is 6.29. The molecule has 0 saturated heterocycles. The van der Waals surface area contributed by atoms with E-state index < -0.39 is 6.10 Å². The molecule has 7 heteroatoms. The Morgan fingerprint density at radius 1 is 1.55 bits per heavy atom. The molecule has 2 rings (SSSR count). The Morgan fingerprint density at radius 3 is 2.91 bits per heavy atom. The third kappa shape index (κ3) is 4.35. The number of carbonyl (C=O) groups excluding carboxylic acids is 1. The number of nitrogens with one attached hydrogen (secondary N) is 1. The van der Waals surface area contributed by atoms with Gasteiger partial charge in [-0.1, -0.05) is 5.16 Å². The highest BCUT2D eigenvalue weighted by Crippen LogP contribution is 2.21. The Morgan fingerprint density at radius 2 is 2.32 bits per heavy atom. The Labute approximate surface area is 133 Å². The van der Waals surface area contributed by atoms with Gasteiger partial charge in [-0.25, -0.2) is 0 Å². The van der Waals surface area contributed by atoms with E-state index in [2.05, 4.69) is 10.5 Å². The fourth-order valence-corrected chi connectivity index (χ4v) is 2.48. The van der Waals surface area contributed by atoms with Crippen LogP contribution in [-0.4, -0.2) is 22.2 Å². The molecule has 0 radical (unpaired) electrons. The number of amides is 1. The fourth-order valence-electron chi connectivity index (χ4n) is 2.22. The topological polar surface area (TPSA) is 88.5 Å². The summed E-state index contributed by atoms with van der Waals surface area (Å²) in [5, 5.41) is 16.8. The van der Waals surface area contributed by atoms with Crippen molar-refractivity contribution in [1.82, 2.24) is 10.5 Å². The van der Waals surface area contributed by atoms with Crippen molar-refractivity contribution < 1.29 is 18.8 Å². The van der Waals surface area contributed by atoms with Crippen LogP contribution in [0.15, 0.2) is 27.3 Å². The van der Waals surface area contributed by atoms with Gasteiger partial charge in [0, 0.05) is 24.4 Å². The second-order valence-corrected chi connectivity index (χ2v) is 5.60. The molecule has 0 aliphatic heterocycles. The molecule has 120 valence electrons. The van der Waals surface area contributed by atoms with Crippen molar-refractivity contribution >= 4 is 17.5 Å². The van der Waals surface area contributed by atoms with Crippen LogP contribution in [-0.2, 0) is 11.2 Å². The zero-order chi connectivity index (χ0) is 16.1. The molecule has 2 N–H and O–H groups in total. The monoisotopic (exact) mass is 326 g/mol. The van der Waals surface area contributed by atoms with Gasteiger partial charge < -0.3 is 19.4 Å². The van der Waals surface area contributed by atoms with Crippen molar-refractivity contribution in [2.24, 2.45) is 0 Å². The van der Waals surface area contributed by atoms with Gasteiger partial charge in [0.15, 0.2) is 0 Å². The van der Waals surface area contributed by atoms with E-state index in [1.807, 2.05) is 6.92 Å². The Balaban J connectivity index is 1.77. The third-order valence-electron chi connectivity index (χ3n) is 3.39. The summed E-state index contributed by atoms with van der Waals surface area (Å²) in [5.74, 6) is 0.379. The summed E-state index contributed by atoms with van der Waals surface area (Å²) in [5.41, 5.74) is 1.44. The van der Waals surface area contributed by atoms with Gasteiger partial charge in [-0.2, -0.15) is 0 Å². The molecule has 2 atom stereocenters. The van der Waals surface area contributed by atoms with Crippen LogP contribution in [0, 0.1) is 6.92 Å². The molecule has 2 aromatic heterocycles. The first-order valence-corrected chi connectivity index (χ1v) is 7.46. The number of nitrogens with zero attached hydrogens (tertiary/aromatic N) is 1. The molecule has 2 unspecified atom stereocenters. The number of aliphatic hydroxyl groups excluding tert-OH is 1. The molecule has 22 heavy (non-hydrogen) atoms. The normalized spacial score (nSPS) is 13.8. The number of furan rings is 1. The van der Waals surface area contributed by atoms with Crippen molar-refractivity contribution in [3.8, 4) is 0 Å². The molecule has 0 fully saturated rings. The van der Waals surface area contributed by atoms with Gasteiger partial charge in [0.2, 0.25) is 11.1 Å². The number of rotatable bonds is 7. The molecule has 0 aliphatic rings. The van der Waals surface area contributed by atoms with Crippen LogP contribution < -0.4 is 5.32 Å². The highest BCUT2D eigenvalue weighted by Gasteiger charge is 2.17. The molecule has 0 aliphatic carbocycles.